The average molecular weight is 267 g/mol. The normalized spacial score (nSPS) is 10.3. The minimum absolute atomic E-state index is 0.143. The van der Waals surface area contributed by atoms with E-state index in [9.17, 15) is 9.59 Å². The van der Waals surface area contributed by atoms with E-state index in [0.717, 1.165) is 10.9 Å². The standard InChI is InChI=1S/C12H11ClN2O3/c1-18-12(17)9-4-7(15-11(16)6-13)5-10-8(9)2-3-14-10/h2-5,14H,6H2,1H3,(H,15,16). The van der Waals surface area contributed by atoms with Crippen molar-refractivity contribution in [3.63, 3.8) is 0 Å². The van der Waals surface area contributed by atoms with Gasteiger partial charge >= 0.3 is 5.97 Å². The molecule has 1 aromatic heterocycles. The van der Waals surface area contributed by atoms with Gasteiger partial charge in [-0.25, -0.2) is 4.79 Å². The van der Waals surface area contributed by atoms with E-state index in [1.165, 1.54) is 7.11 Å². The summed E-state index contributed by atoms with van der Waals surface area (Å²) < 4.78 is 4.71. The lowest BCUT2D eigenvalue weighted by molar-refractivity contribution is -0.113. The summed E-state index contributed by atoms with van der Waals surface area (Å²) in [6, 6.07) is 5.06. The molecule has 18 heavy (non-hydrogen) atoms. The number of amides is 1. The van der Waals surface area contributed by atoms with Crippen molar-refractivity contribution >= 4 is 40.1 Å². The van der Waals surface area contributed by atoms with Crippen LogP contribution in [0.2, 0.25) is 0 Å². The van der Waals surface area contributed by atoms with Crippen LogP contribution in [0.4, 0.5) is 5.69 Å². The molecule has 0 saturated carbocycles. The van der Waals surface area contributed by atoms with Crippen molar-refractivity contribution in [1.29, 1.82) is 0 Å². The summed E-state index contributed by atoms with van der Waals surface area (Å²) in [6.07, 6.45) is 1.71. The van der Waals surface area contributed by atoms with Crippen LogP contribution in [-0.4, -0.2) is 29.9 Å². The van der Waals surface area contributed by atoms with Gasteiger partial charge < -0.3 is 15.0 Å². The van der Waals surface area contributed by atoms with Gasteiger partial charge in [0.25, 0.3) is 0 Å². The first-order chi connectivity index (χ1) is 8.65. The number of carbonyl (C=O) groups excluding carboxylic acids is 2. The summed E-state index contributed by atoms with van der Waals surface area (Å²) >= 11 is 5.42. The second-order valence-corrected chi connectivity index (χ2v) is 3.90. The maximum absolute atomic E-state index is 11.7. The molecule has 1 heterocycles. The number of alkyl halides is 1. The van der Waals surface area contributed by atoms with Gasteiger partial charge in [-0.15, -0.1) is 11.6 Å². The number of methoxy groups -OCH3 is 1. The molecular weight excluding hydrogens is 256 g/mol. The summed E-state index contributed by atoms with van der Waals surface area (Å²) in [6.45, 7) is 0. The Kier molecular flexibility index (Phi) is 3.53. The van der Waals surface area contributed by atoms with Gasteiger partial charge in [0.1, 0.15) is 5.88 Å². The molecule has 0 fully saturated rings. The van der Waals surface area contributed by atoms with Crippen molar-refractivity contribution in [3.8, 4) is 0 Å². The van der Waals surface area contributed by atoms with E-state index in [2.05, 4.69) is 10.3 Å². The quantitative estimate of drug-likeness (QED) is 0.660. The van der Waals surface area contributed by atoms with Crippen molar-refractivity contribution in [2.75, 3.05) is 18.3 Å². The smallest absolute Gasteiger partial charge is 0.338 e. The minimum Gasteiger partial charge on any atom is -0.465 e. The van der Waals surface area contributed by atoms with Gasteiger partial charge in [0.15, 0.2) is 0 Å². The van der Waals surface area contributed by atoms with Gasteiger partial charge in [0, 0.05) is 22.8 Å². The second kappa shape index (κ2) is 5.10. The summed E-state index contributed by atoms with van der Waals surface area (Å²) in [7, 11) is 1.31. The van der Waals surface area contributed by atoms with Crippen LogP contribution in [0.15, 0.2) is 24.4 Å². The molecule has 1 amide bonds. The molecule has 2 N–H and O–H groups in total. The topological polar surface area (TPSA) is 71.2 Å². The number of carbonyl (C=O) groups is 2. The number of hydrogen-bond donors (Lipinski definition) is 2. The average Bonchev–Trinajstić information content (AvgIpc) is 2.84. The van der Waals surface area contributed by atoms with E-state index >= 15 is 0 Å². The largest absolute Gasteiger partial charge is 0.465 e. The van der Waals surface area contributed by atoms with Gasteiger partial charge in [-0.1, -0.05) is 0 Å². The van der Waals surface area contributed by atoms with E-state index in [4.69, 9.17) is 16.3 Å². The van der Waals surface area contributed by atoms with Gasteiger partial charge in [-0.05, 0) is 18.2 Å². The number of rotatable bonds is 3. The molecule has 0 spiro atoms. The SMILES string of the molecule is COC(=O)c1cc(NC(=O)CCl)cc2[nH]ccc12. The number of hydrogen-bond acceptors (Lipinski definition) is 3. The first-order valence-corrected chi connectivity index (χ1v) is 5.74. The zero-order valence-corrected chi connectivity index (χ0v) is 10.4. The third kappa shape index (κ3) is 2.31. The van der Waals surface area contributed by atoms with E-state index in [1.807, 2.05) is 0 Å². The van der Waals surface area contributed by atoms with Crippen LogP contribution in [-0.2, 0) is 9.53 Å². The Labute approximate surface area is 108 Å². The van der Waals surface area contributed by atoms with Gasteiger partial charge in [-0.3, -0.25) is 4.79 Å². The fourth-order valence-corrected chi connectivity index (χ4v) is 1.78. The molecule has 0 aliphatic carbocycles. The number of aromatic nitrogens is 1. The van der Waals surface area contributed by atoms with Crippen LogP contribution in [0.1, 0.15) is 10.4 Å². The van der Waals surface area contributed by atoms with Gasteiger partial charge in [0.05, 0.1) is 12.7 Å². The molecule has 0 aliphatic heterocycles. The van der Waals surface area contributed by atoms with E-state index in [1.54, 1.807) is 24.4 Å². The molecule has 1 aromatic carbocycles. The highest BCUT2D eigenvalue weighted by atomic mass is 35.5. The molecular formula is C12H11ClN2O3. The Bertz CT molecular complexity index is 606. The number of H-pyrrole nitrogens is 1. The third-order valence-electron chi connectivity index (χ3n) is 2.48. The number of aromatic amines is 1. The number of anilines is 1. The maximum Gasteiger partial charge on any atom is 0.338 e. The Morgan fingerprint density at radius 1 is 1.44 bits per heavy atom. The molecule has 0 atom stereocenters. The van der Waals surface area contributed by atoms with Gasteiger partial charge in [0.2, 0.25) is 5.91 Å². The molecule has 0 bridgehead atoms. The van der Waals surface area contributed by atoms with Gasteiger partial charge in [-0.2, -0.15) is 0 Å². The monoisotopic (exact) mass is 266 g/mol. The summed E-state index contributed by atoms with van der Waals surface area (Å²) in [4.78, 5) is 25.9. The fraction of sp³-hybridized carbons (Fsp3) is 0.167. The Morgan fingerprint density at radius 2 is 2.22 bits per heavy atom. The van der Waals surface area contributed by atoms with Crippen LogP contribution < -0.4 is 5.32 Å². The molecule has 2 rings (SSSR count). The molecule has 0 aliphatic rings. The first-order valence-electron chi connectivity index (χ1n) is 5.21. The third-order valence-corrected chi connectivity index (χ3v) is 2.72. The highest BCUT2D eigenvalue weighted by Crippen LogP contribution is 2.23. The van der Waals surface area contributed by atoms with Crippen molar-refractivity contribution in [2.45, 2.75) is 0 Å². The molecule has 5 nitrogen and oxygen atoms in total. The van der Waals surface area contributed by atoms with E-state index in [-0.39, 0.29) is 11.8 Å². The Balaban J connectivity index is 2.50. The Morgan fingerprint density at radius 3 is 2.89 bits per heavy atom. The lowest BCUT2D eigenvalue weighted by atomic mass is 10.1. The molecule has 2 aromatic rings. The Hall–Kier alpha value is -2.01. The number of fused-ring (bicyclic) bond motifs is 1. The van der Waals surface area contributed by atoms with Crippen LogP contribution in [0, 0.1) is 0 Å². The lowest BCUT2D eigenvalue weighted by Gasteiger charge is -2.07. The minimum atomic E-state index is -0.457. The van der Waals surface area contributed by atoms with E-state index < -0.39 is 5.97 Å². The van der Waals surface area contributed by atoms with Crippen molar-refractivity contribution in [1.82, 2.24) is 4.98 Å². The van der Waals surface area contributed by atoms with Crippen molar-refractivity contribution in [3.05, 3.63) is 30.0 Å². The summed E-state index contributed by atoms with van der Waals surface area (Å²) in [5, 5.41) is 3.34. The van der Waals surface area contributed by atoms with Crippen LogP contribution in [0.5, 0.6) is 0 Å². The summed E-state index contributed by atoms with van der Waals surface area (Å²) in [5.41, 5.74) is 1.62. The summed E-state index contributed by atoms with van der Waals surface area (Å²) in [5.74, 6) is -0.934. The molecule has 6 heteroatoms. The maximum atomic E-state index is 11.7. The molecule has 0 unspecified atom stereocenters. The van der Waals surface area contributed by atoms with Crippen molar-refractivity contribution < 1.29 is 14.3 Å². The fourth-order valence-electron chi connectivity index (χ4n) is 1.71. The highest BCUT2D eigenvalue weighted by Gasteiger charge is 2.13. The second-order valence-electron chi connectivity index (χ2n) is 3.64. The molecule has 0 saturated heterocycles. The van der Waals surface area contributed by atoms with Crippen LogP contribution in [0.3, 0.4) is 0 Å². The number of nitrogens with one attached hydrogen (secondary N) is 2. The highest BCUT2D eigenvalue weighted by molar-refractivity contribution is 6.29. The lowest BCUT2D eigenvalue weighted by Crippen LogP contribution is -2.13. The van der Waals surface area contributed by atoms with Crippen molar-refractivity contribution in [2.24, 2.45) is 0 Å². The van der Waals surface area contributed by atoms with Crippen LogP contribution in [0.25, 0.3) is 10.9 Å². The molecule has 0 radical (unpaired) electrons. The number of esters is 1. The predicted molar refractivity (Wildman–Crippen MR) is 69.0 cm³/mol. The zero-order valence-electron chi connectivity index (χ0n) is 9.62. The number of halogens is 1. The van der Waals surface area contributed by atoms with Crippen LogP contribution >= 0.6 is 11.6 Å². The number of ether oxygens (including phenoxy) is 1. The predicted octanol–water partition coefficient (Wildman–Crippen LogP) is 2.13. The molecule has 94 valence electrons. The zero-order chi connectivity index (χ0) is 13.1. The number of benzene rings is 1. The van der Waals surface area contributed by atoms with E-state index in [0.29, 0.717) is 11.3 Å². The first kappa shape index (κ1) is 12.4.